The number of aromatic nitrogens is 4. The minimum atomic E-state index is -0.464. The predicted octanol–water partition coefficient (Wildman–Crippen LogP) is 5.27. The van der Waals surface area contributed by atoms with Crippen molar-refractivity contribution in [3.8, 4) is 11.6 Å². The Balaban J connectivity index is 1.44. The molecule has 0 bridgehead atoms. The van der Waals surface area contributed by atoms with Crippen molar-refractivity contribution in [2.24, 2.45) is 0 Å². The fourth-order valence-electron chi connectivity index (χ4n) is 4.75. The number of ether oxygens (including phenoxy) is 1. The molecule has 0 radical (unpaired) electrons. The molecule has 9 nitrogen and oxygen atoms in total. The van der Waals surface area contributed by atoms with Gasteiger partial charge in [0.05, 0.1) is 17.8 Å². The lowest BCUT2D eigenvalue weighted by atomic mass is 10.0. The van der Waals surface area contributed by atoms with Gasteiger partial charge in [-0.05, 0) is 50.8 Å². The lowest BCUT2D eigenvalue weighted by molar-refractivity contribution is 0.0735. The molecule has 1 amide bonds. The molecule has 1 saturated heterocycles. The van der Waals surface area contributed by atoms with Crippen molar-refractivity contribution in [3.05, 3.63) is 75.6 Å². The second-order valence-electron chi connectivity index (χ2n) is 10.0. The molecule has 1 aliphatic heterocycles. The molecular formula is C28H33N6O3PS. The van der Waals surface area contributed by atoms with Crippen molar-refractivity contribution in [2.45, 2.75) is 44.3 Å². The van der Waals surface area contributed by atoms with Crippen molar-refractivity contribution in [2.75, 3.05) is 32.1 Å². The van der Waals surface area contributed by atoms with E-state index in [4.69, 9.17) is 14.1 Å². The summed E-state index contributed by atoms with van der Waals surface area (Å²) in [5, 5.41) is 14.5. The Bertz CT molecular complexity index is 1420. The number of amides is 1. The van der Waals surface area contributed by atoms with Crippen LogP contribution in [0.4, 0.5) is 5.82 Å². The molecule has 1 N–H and O–H groups in total. The molecule has 0 saturated carbocycles. The number of anilines is 1. The average molecular weight is 565 g/mol. The second-order valence-corrected chi connectivity index (χ2v) is 12.2. The number of benzene rings is 1. The molecule has 1 fully saturated rings. The van der Waals surface area contributed by atoms with Gasteiger partial charge in [-0.15, -0.1) is 30.8 Å². The van der Waals surface area contributed by atoms with Crippen LogP contribution in [0.5, 0.6) is 0 Å². The first-order valence-corrected chi connectivity index (χ1v) is 14.4. The number of carbonyl (C=O) groups excluding carboxylic acids is 1. The third kappa shape index (κ3) is 6.35. The lowest BCUT2D eigenvalue weighted by Gasteiger charge is -2.23. The summed E-state index contributed by atoms with van der Waals surface area (Å²) in [6.45, 7) is 5.75. The highest BCUT2D eigenvalue weighted by atomic mass is 32.1. The summed E-state index contributed by atoms with van der Waals surface area (Å²) in [6, 6.07) is 13.7. The van der Waals surface area contributed by atoms with E-state index in [1.54, 1.807) is 30.6 Å². The largest absolute Gasteiger partial charge is 0.418 e. The molecule has 4 heterocycles. The molecule has 39 heavy (non-hydrogen) atoms. The molecule has 0 spiro atoms. The molecule has 1 aliphatic rings. The van der Waals surface area contributed by atoms with E-state index in [9.17, 15) is 4.79 Å². The normalized spacial score (nSPS) is 16.8. The van der Waals surface area contributed by atoms with Crippen LogP contribution in [0.15, 0.2) is 52.3 Å². The number of methoxy groups -OCH3 is 1. The van der Waals surface area contributed by atoms with Gasteiger partial charge in [0.1, 0.15) is 16.5 Å². The monoisotopic (exact) mass is 564 g/mol. The lowest BCUT2D eigenvalue weighted by Crippen LogP contribution is -2.30. The van der Waals surface area contributed by atoms with E-state index >= 15 is 0 Å². The summed E-state index contributed by atoms with van der Waals surface area (Å²) >= 11 is 1.61. The number of hydrogen-bond donors (Lipinski definition) is 1. The van der Waals surface area contributed by atoms with Gasteiger partial charge in [-0.25, -0.2) is 9.97 Å². The van der Waals surface area contributed by atoms with Gasteiger partial charge in [-0.2, -0.15) is 0 Å². The van der Waals surface area contributed by atoms with Crippen molar-refractivity contribution < 1.29 is 13.9 Å². The Hall–Kier alpha value is -3.20. The molecule has 1 aromatic carbocycles. The molecule has 3 atom stereocenters. The van der Waals surface area contributed by atoms with Crippen LogP contribution in [0, 0.1) is 6.92 Å². The molecule has 204 valence electrons. The maximum atomic E-state index is 13.8. The number of hydrogen-bond acceptors (Lipinski definition) is 9. The number of rotatable bonds is 10. The maximum absolute atomic E-state index is 13.8. The van der Waals surface area contributed by atoms with Gasteiger partial charge in [0, 0.05) is 36.8 Å². The summed E-state index contributed by atoms with van der Waals surface area (Å²) in [7, 11) is 4.47. The van der Waals surface area contributed by atoms with E-state index < -0.39 is 5.16 Å². The van der Waals surface area contributed by atoms with E-state index in [0.29, 0.717) is 49.1 Å². The third-order valence-corrected chi connectivity index (χ3v) is 8.18. The molecule has 4 aromatic rings. The number of nitrogens with one attached hydrogen (secondary N) is 1. The Morgan fingerprint density at radius 3 is 2.82 bits per heavy atom. The quantitative estimate of drug-likeness (QED) is 0.205. The van der Waals surface area contributed by atoms with Crippen LogP contribution in [0.2, 0.25) is 0 Å². The van der Waals surface area contributed by atoms with Crippen LogP contribution in [0.3, 0.4) is 0 Å². The van der Waals surface area contributed by atoms with Crippen LogP contribution < -0.4 is 5.32 Å². The van der Waals surface area contributed by atoms with Gasteiger partial charge >= 0.3 is 0 Å². The van der Waals surface area contributed by atoms with Gasteiger partial charge in [0.25, 0.3) is 11.8 Å². The maximum Gasteiger partial charge on any atom is 0.266 e. The van der Waals surface area contributed by atoms with E-state index in [-0.39, 0.29) is 17.8 Å². The number of likely N-dealkylation sites (tertiary alicyclic amines) is 1. The second kappa shape index (κ2) is 11.9. The minimum absolute atomic E-state index is 0.0245. The highest BCUT2D eigenvalue weighted by Crippen LogP contribution is 2.37. The van der Waals surface area contributed by atoms with Crippen LogP contribution in [0.1, 0.15) is 58.3 Å². The molecule has 3 unspecified atom stereocenters. The third-order valence-electron chi connectivity index (χ3n) is 6.67. The number of thiazole rings is 1. The predicted molar refractivity (Wildman–Crippen MR) is 155 cm³/mol. The highest BCUT2D eigenvalue weighted by molar-refractivity contribution is 7.18. The van der Waals surface area contributed by atoms with E-state index in [1.165, 1.54) is 5.56 Å². The van der Waals surface area contributed by atoms with Crippen molar-refractivity contribution in [1.29, 1.82) is 0 Å². The zero-order valence-corrected chi connectivity index (χ0v) is 24.4. The van der Waals surface area contributed by atoms with Gasteiger partial charge in [-0.3, -0.25) is 4.79 Å². The van der Waals surface area contributed by atoms with Crippen LogP contribution in [-0.4, -0.2) is 57.8 Å². The highest BCUT2D eigenvalue weighted by Gasteiger charge is 2.33. The molecule has 3 aromatic heterocycles. The van der Waals surface area contributed by atoms with Crippen molar-refractivity contribution >= 4 is 32.3 Å². The molecule has 5 rings (SSSR count). The Morgan fingerprint density at radius 2 is 2.08 bits per heavy atom. The molecular weight excluding hydrogens is 531 g/mol. The van der Waals surface area contributed by atoms with E-state index in [2.05, 4.69) is 41.9 Å². The molecule has 0 aliphatic carbocycles. The smallest absolute Gasteiger partial charge is 0.266 e. The zero-order valence-electron chi connectivity index (χ0n) is 22.4. The average Bonchev–Trinajstić information content (AvgIpc) is 3.69. The molecule has 11 heteroatoms. The summed E-state index contributed by atoms with van der Waals surface area (Å²) < 4.78 is 11.3. The van der Waals surface area contributed by atoms with Crippen molar-refractivity contribution in [3.63, 3.8) is 0 Å². The summed E-state index contributed by atoms with van der Waals surface area (Å²) in [5.74, 6) is 1.23. The number of pyridine rings is 1. The number of carbonyl (C=O) groups is 1. The van der Waals surface area contributed by atoms with Crippen LogP contribution >= 0.6 is 20.6 Å². The Morgan fingerprint density at radius 1 is 1.26 bits per heavy atom. The van der Waals surface area contributed by atoms with Gasteiger partial charge < -0.3 is 19.4 Å². The zero-order chi connectivity index (χ0) is 27.4. The van der Waals surface area contributed by atoms with Crippen LogP contribution in [0.25, 0.3) is 11.6 Å². The topological polar surface area (TPSA) is 106 Å². The first-order valence-electron chi connectivity index (χ1n) is 13.0. The Labute approximate surface area is 234 Å². The fourth-order valence-corrected chi connectivity index (χ4v) is 6.04. The Kier molecular flexibility index (Phi) is 8.35. The number of aryl methyl sites for hydroxylation is 1. The first-order chi connectivity index (χ1) is 18.8. The van der Waals surface area contributed by atoms with Crippen molar-refractivity contribution in [1.82, 2.24) is 25.1 Å². The minimum Gasteiger partial charge on any atom is -0.418 e. The summed E-state index contributed by atoms with van der Waals surface area (Å²) in [6.07, 6.45) is 2.55. The van der Waals surface area contributed by atoms with Crippen LogP contribution in [-0.2, 0) is 16.3 Å². The number of nitrogens with zero attached hydrogens (tertiary/aromatic N) is 5. The standard InChI is InChI=1S/C28H33N6O3PS/c1-18-17-39-25(30-18)22-10-7-12-34(22)26(35)20-14-21(31-23(15-20)29-11-13-36-3)24-32-33-27(37-24)28(2,38)16-19-8-5-4-6-9-19/h4-6,8-9,14-15,17,22H,7,10-13,16,38H2,1-3H3,(H,29,31). The van der Waals surface area contributed by atoms with Gasteiger partial charge in [0.2, 0.25) is 5.89 Å². The fraction of sp³-hybridized carbons (Fsp3) is 0.393. The van der Waals surface area contributed by atoms with Gasteiger partial charge in [0.15, 0.2) is 0 Å². The SMILES string of the molecule is COCCNc1cc(C(=O)N2CCCC2c2nc(C)cs2)cc(-c2nnc(C(C)(P)Cc3ccccc3)o2)n1. The van der Waals surface area contributed by atoms with E-state index in [0.717, 1.165) is 23.5 Å². The first kappa shape index (κ1) is 27.4. The van der Waals surface area contributed by atoms with E-state index in [1.807, 2.05) is 42.3 Å². The van der Waals surface area contributed by atoms with Gasteiger partial charge in [-0.1, -0.05) is 30.3 Å². The summed E-state index contributed by atoms with van der Waals surface area (Å²) in [4.78, 5) is 25.1. The summed E-state index contributed by atoms with van der Waals surface area (Å²) in [5.41, 5.74) is 3.10.